The Balaban J connectivity index is 1.38. The summed E-state index contributed by atoms with van der Waals surface area (Å²) in [5.41, 5.74) is 2.62. The Morgan fingerprint density at radius 2 is 1.97 bits per heavy atom. The van der Waals surface area contributed by atoms with E-state index in [1.54, 1.807) is 19.4 Å². The Morgan fingerprint density at radius 3 is 2.72 bits per heavy atom. The van der Waals surface area contributed by atoms with Crippen molar-refractivity contribution in [3.63, 3.8) is 0 Å². The zero-order chi connectivity index (χ0) is 20.1. The number of nitrogens with zero attached hydrogens (tertiary/aromatic N) is 2. The first-order valence-electron chi connectivity index (χ1n) is 9.21. The van der Waals surface area contributed by atoms with Crippen LogP contribution in [0.4, 0.5) is 10.9 Å². The first-order chi connectivity index (χ1) is 14.2. The van der Waals surface area contributed by atoms with Crippen molar-refractivity contribution in [2.45, 2.75) is 6.42 Å². The number of hydrogen-bond acceptors (Lipinski definition) is 6. The van der Waals surface area contributed by atoms with Gasteiger partial charge in [0.25, 0.3) is 5.91 Å². The average molecular weight is 404 g/mol. The van der Waals surface area contributed by atoms with Gasteiger partial charge in [0.05, 0.1) is 17.3 Å². The summed E-state index contributed by atoms with van der Waals surface area (Å²) in [6.45, 7) is 0.568. The third-order valence-corrected chi connectivity index (χ3v) is 5.34. The maximum Gasteiger partial charge on any atom is 0.251 e. The van der Waals surface area contributed by atoms with Crippen molar-refractivity contribution in [3.05, 3.63) is 78.0 Å². The molecule has 0 aliphatic rings. The molecule has 2 aromatic heterocycles. The summed E-state index contributed by atoms with van der Waals surface area (Å²) in [6.07, 6.45) is 2.49. The Bertz CT molecular complexity index is 1110. The minimum absolute atomic E-state index is 0.0898. The summed E-state index contributed by atoms with van der Waals surface area (Å²) < 4.78 is 6.11. The molecule has 0 saturated heterocycles. The van der Waals surface area contributed by atoms with E-state index in [0.717, 1.165) is 38.9 Å². The van der Waals surface area contributed by atoms with E-state index in [1.165, 1.54) is 11.3 Å². The van der Waals surface area contributed by atoms with Gasteiger partial charge in [0.2, 0.25) is 0 Å². The van der Waals surface area contributed by atoms with Gasteiger partial charge in [-0.05, 0) is 54.4 Å². The van der Waals surface area contributed by atoms with Crippen LogP contribution in [0.15, 0.2) is 66.9 Å². The van der Waals surface area contributed by atoms with Crippen LogP contribution in [0.1, 0.15) is 15.9 Å². The van der Waals surface area contributed by atoms with Gasteiger partial charge in [0.15, 0.2) is 5.13 Å². The number of methoxy groups -OCH3 is 1. The number of aromatic nitrogens is 2. The number of thiazole rings is 1. The van der Waals surface area contributed by atoms with Crippen LogP contribution in [0.2, 0.25) is 0 Å². The first-order valence-corrected chi connectivity index (χ1v) is 10.0. The molecule has 0 aliphatic heterocycles. The lowest BCUT2D eigenvalue weighted by molar-refractivity contribution is 0.0954. The number of benzene rings is 2. The quantitative estimate of drug-likeness (QED) is 0.477. The number of hydrogen-bond donors (Lipinski definition) is 2. The van der Waals surface area contributed by atoms with Crippen LogP contribution in [-0.4, -0.2) is 29.5 Å². The predicted octanol–water partition coefficient (Wildman–Crippen LogP) is 4.42. The standard InChI is InChI=1S/C22H20N4O2S/c1-28-17-8-5-15(6-9-17)11-13-24-21(27)16-7-10-18-19(14-16)29-22(25-18)26-20-4-2-3-12-23-20/h2-10,12,14H,11,13H2,1H3,(H,24,27)(H,23,25,26). The molecule has 2 N–H and O–H groups in total. The van der Waals surface area contributed by atoms with Crippen molar-refractivity contribution in [3.8, 4) is 5.75 Å². The number of rotatable bonds is 7. The second-order valence-corrected chi connectivity index (χ2v) is 7.43. The Labute approximate surface area is 172 Å². The Morgan fingerprint density at radius 1 is 1.10 bits per heavy atom. The highest BCUT2D eigenvalue weighted by molar-refractivity contribution is 7.22. The van der Waals surface area contributed by atoms with E-state index in [4.69, 9.17) is 4.74 Å². The third kappa shape index (κ3) is 4.70. The van der Waals surface area contributed by atoms with Gasteiger partial charge in [-0.1, -0.05) is 29.5 Å². The van der Waals surface area contributed by atoms with Crippen LogP contribution in [-0.2, 0) is 6.42 Å². The van der Waals surface area contributed by atoms with Crippen molar-refractivity contribution in [1.82, 2.24) is 15.3 Å². The maximum absolute atomic E-state index is 12.5. The third-order valence-electron chi connectivity index (χ3n) is 4.41. The SMILES string of the molecule is COc1ccc(CCNC(=O)c2ccc3nc(Nc4ccccn4)sc3c2)cc1. The number of carbonyl (C=O) groups is 1. The van der Waals surface area contributed by atoms with Crippen molar-refractivity contribution < 1.29 is 9.53 Å². The van der Waals surface area contributed by atoms with E-state index in [-0.39, 0.29) is 5.91 Å². The van der Waals surface area contributed by atoms with Gasteiger partial charge >= 0.3 is 0 Å². The molecule has 0 bridgehead atoms. The molecule has 6 nitrogen and oxygen atoms in total. The Kier molecular flexibility index (Phi) is 5.67. The molecule has 0 radical (unpaired) electrons. The molecular formula is C22H20N4O2S. The summed E-state index contributed by atoms with van der Waals surface area (Å²) >= 11 is 1.49. The second-order valence-electron chi connectivity index (χ2n) is 6.40. The lowest BCUT2D eigenvalue weighted by Crippen LogP contribution is -2.25. The molecule has 0 unspecified atom stereocenters. The van der Waals surface area contributed by atoms with Gasteiger partial charge in [-0.3, -0.25) is 4.79 Å². The molecule has 1 amide bonds. The fourth-order valence-corrected chi connectivity index (χ4v) is 3.79. The predicted molar refractivity (Wildman–Crippen MR) is 116 cm³/mol. The van der Waals surface area contributed by atoms with Crippen molar-refractivity contribution in [2.24, 2.45) is 0 Å². The fraction of sp³-hybridized carbons (Fsp3) is 0.136. The summed E-state index contributed by atoms with van der Waals surface area (Å²) in [4.78, 5) is 21.3. The molecule has 0 fully saturated rings. The first kappa shape index (κ1) is 18.9. The van der Waals surface area contributed by atoms with Crippen LogP contribution in [0.3, 0.4) is 0 Å². The minimum atomic E-state index is -0.0898. The number of carbonyl (C=O) groups excluding carboxylic acids is 1. The zero-order valence-corrected chi connectivity index (χ0v) is 16.7. The molecule has 4 aromatic rings. The number of fused-ring (bicyclic) bond motifs is 1. The molecule has 29 heavy (non-hydrogen) atoms. The van der Waals surface area contributed by atoms with E-state index in [9.17, 15) is 4.79 Å². The summed E-state index contributed by atoms with van der Waals surface area (Å²) in [5, 5.41) is 6.91. The topological polar surface area (TPSA) is 76.1 Å². The van der Waals surface area contributed by atoms with Crippen molar-refractivity contribution in [2.75, 3.05) is 19.0 Å². The van der Waals surface area contributed by atoms with Crippen molar-refractivity contribution >= 4 is 38.4 Å². The number of pyridine rings is 1. The molecular weight excluding hydrogens is 384 g/mol. The summed E-state index contributed by atoms with van der Waals surface area (Å²) in [6, 6.07) is 19.1. The number of nitrogens with one attached hydrogen (secondary N) is 2. The van der Waals surface area contributed by atoms with Gasteiger partial charge in [0.1, 0.15) is 11.6 Å². The van der Waals surface area contributed by atoms with E-state index in [0.29, 0.717) is 12.1 Å². The molecule has 0 aliphatic carbocycles. The highest BCUT2D eigenvalue weighted by Crippen LogP contribution is 2.28. The summed E-state index contributed by atoms with van der Waals surface area (Å²) in [5.74, 6) is 1.48. The van der Waals surface area contributed by atoms with Crippen LogP contribution >= 0.6 is 11.3 Å². The molecule has 2 heterocycles. The van der Waals surface area contributed by atoms with Gasteiger partial charge < -0.3 is 15.4 Å². The molecule has 4 rings (SSSR count). The van der Waals surface area contributed by atoms with E-state index < -0.39 is 0 Å². The molecule has 0 spiro atoms. The summed E-state index contributed by atoms with van der Waals surface area (Å²) in [7, 11) is 1.65. The van der Waals surface area contributed by atoms with E-state index in [2.05, 4.69) is 20.6 Å². The van der Waals surface area contributed by atoms with Gasteiger partial charge in [-0.2, -0.15) is 0 Å². The number of ether oxygens (including phenoxy) is 1. The molecule has 0 saturated carbocycles. The monoisotopic (exact) mass is 404 g/mol. The lowest BCUT2D eigenvalue weighted by Gasteiger charge is -2.06. The van der Waals surface area contributed by atoms with Crippen molar-refractivity contribution in [1.29, 1.82) is 0 Å². The highest BCUT2D eigenvalue weighted by atomic mass is 32.1. The largest absolute Gasteiger partial charge is 0.497 e. The van der Waals surface area contributed by atoms with Gasteiger partial charge in [-0.15, -0.1) is 0 Å². The normalized spacial score (nSPS) is 10.7. The Hall–Kier alpha value is -3.45. The van der Waals surface area contributed by atoms with E-state index in [1.807, 2.05) is 54.6 Å². The zero-order valence-electron chi connectivity index (χ0n) is 15.9. The molecule has 7 heteroatoms. The van der Waals surface area contributed by atoms with E-state index >= 15 is 0 Å². The lowest BCUT2D eigenvalue weighted by atomic mass is 10.1. The maximum atomic E-state index is 12.5. The van der Waals surface area contributed by atoms with Crippen LogP contribution in [0, 0.1) is 0 Å². The molecule has 0 atom stereocenters. The van der Waals surface area contributed by atoms with Gasteiger partial charge in [-0.25, -0.2) is 9.97 Å². The number of anilines is 2. The second kappa shape index (κ2) is 8.70. The van der Waals surface area contributed by atoms with Crippen LogP contribution < -0.4 is 15.4 Å². The molecule has 146 valence electrons. The average Bonchev–Trinajstić information content (AvgIpc) is 3.16. The smallest absolute Gasteiger partial charge is 0.251 e. The number of amides is 1. The van der Waals surface area contributed by atoms with Crippen LogP contribution in [0.25, 0.3) is 10.2 Å². The van der Waals surface area contributed by atoms with Gasteiger partial charge in [0, 0.05) is 18.3 Å². The molecule has 2 aromatic carbocycles. The minimum Gasteiger partial charge on any atom is -0.497 e. The fourth-order valence-electron chi connectivity index (χ4n) is 2.88. The highest BCUT2D eigenvalue weighted by Gasteiger charge is 2.10. The van der Waals surface area contributed by atoms with Crippen LogP contribution in [0.5, 0.6) is 5.75 Å².